The minimum absolute atomic E-state index is 0.118. The highest BCUT2D eigenvalue weighted by atomic mass is 16.5. The predicted molar refractivity (Wildman–Crippen MR) is 126 cm³/mol. The van der Waals surface area contributed by atoms with E-state index in [4.69, 9.17) is 14.2 Å². The Morgan fingerprint density at radius 2 is 1.88 bits per heavy atom. The Labute approximate surface area is 198 Å². The van der Waals surface area contributed by atoms with Gasteiger partial charge in [-0.05, 0) is 48.2 Å². The van der Waals surface area contributed by atoms with Gasteiger partial charge in [0.2, 0.25) is 0 Å². The smallest absolute Gasteiger partial charge is 0.252 e. The third-order valence-electron chi connectivity index (χ3n) is 6.90. The summed E-state index contributed by atoms with van der Waals surface area (Å²) in [5.41, 5.74) is 1.27. The van der Waals surface area contributed by atoms with E-state index in [0.717, 1.165) is 50.0 Å². The molecule has 10 nitrogen and oxygen atoms in total. The minimum Gasteiger partial charge on any atom is -0.493 e. The van der Waals surface area contributed by atoms with E-state index >= 15 is 0 Å². The molecule has 182 valence electrons. The van der Waals surface area contributed by atoms with Crippen molar-refractivity contribution < 1.29 is 14.2 Å². The molecule has 0 bridgehead atoms. The molecule has 10 heteroatoms. The summed E-state index contributed by atoms with van der Waals surface area (Å²) in [5, 5.41) is 13.5. The number of fused-ring (bicyclic) bond motifs is 1. The number of hydrogen-bond acceptors (Lipinski definition) is 8. The van der Waals surface area contributed by atoms with E-state index in [-0.39, 0.29) is 11.7 Å². The number of H-pyrrole nitrogens is 1. The topological polar surface area (TPSA) is 107 Å². The highest BCUT2D eigenvalue weighted by Gasteiger charge is 2.25. The molecule has 0 amide bonds. The fraction of sp³-hybridized carbons (Fsp3) is 0.583. The van der Waals surface area contributed by atoms with Gasteiger partial charge in [-0.15, -0.1) is 5.10 Å². The molecule has 1 saturated carbocycles. The van der Waals surface area contributed by atoms with Crippen molar-refractivity contribution in [1.82, 2.24) is 30.1 Å². The quantitative estimate of drug-likeness (QED) is 0.511. The molecule has 3 aromatic rings. The molecule has 1 N–H and O–H groups in total. The lowest BCUT2D eigenvalue weighted by molar-refractivity contribution is 0.0661. The predicted octanol–water partition coefficient (Wildman–Crippen LogP) is 2.83. The van der Waals surface area contributed by atoms with E-state index in [0.29, 0.717) is 41.7 Å². The van der Waals surface area contributed by atoms with E-state index in [2.05, 4.69) is 25.4 Å². The van der Waals surface area contributed by atoms with Gasteiger partial charge in [-0.2, -0.15) is 0 Å². The molecule has 1 aliphatic heterocycles. The Bertz CT molecular complexity index is 1180. The Morgan fingerprint density at radius 3 is 2.62 bits per heavy atom. The standard InChI is InChI=1S/C24H32N6O4/c1-32-21-11-16-10-17(24(31)25-20(16)12-22(21)33-2)13-29(14-19-8-5-9-34-19)15-23-26-27-28-30(23)18-6-3-4-7-18/h10-12,18-19H,3-9,13-15H2,1-2H3,(H,25,31). The number of rotatable bonds is 9. The molecule has 1 unspecified atom stereocenters. The highest BCUT2D eigenvalue weighted by molar-refractivity contribution is 5.83. The average Bonchev–Trinajstić information content (AvgIpc) is 3.61. The number of ether oxygens (including phenoxy) is 3. The Hall–Kier alpha value is -2.98. The van der Waals surface area contributed by atoms with Crippen LogP contribution in [0.3, 0.4) is 0 Å². The molecule has 1 aromatic carbocycles. The van der Waals surface area contributed by atoms with Crippen LogP contribution in [-0.4, -0.2) is 63.6 Å². The lowest BCUT2D eigenvalue weighted by Crippen LogP contribution is -2.34. The fourth-order valence-electron chi connectivity index (χ4n) is 5.15. The van der Waals surface area contributed by atoms with Crippen molar-refractivity contribution in [2.24, 2.45) is 0 Å². The largest absolute Gasteiger partial charge is 0.493 e. The molecular weight excluding hydrogens is 436 g/mol. The van der Waals surface area contributed by atoms with E-state index in [9.17, 15) is 4.79 Å². The van der Waals surface area contributed by atoms with E-state index in [1.165, 1.54) is 12.8 Å². The monoisotopic (exact) mass is 468 g/mol. The van der Waals surface area contributed by atoms with Gasteiger partial charge in [-0.25, -0.2) is 4.68 Å². The summed E-state index contributed by atoms with van der Waals surface area (Å²) < 4.78 is 18.7. The number of methoxy groups -OCH3 is 2. The maximum atomic E-state index is 13.0. The molecule has 2 aromatic heterocycles. The second-order valence-electron chi connectivity index (χ2n) is 9.20. The van der Waals surface area contributed by atoms with Crippen LogP contribution < -0.4 is 15.0 Å². The summed E-state index contributed by atoms with van der Waals surface area (Å²) in [5.74, 6) is 2.05. The molecule has 1 atom stereocenters. The molecule has 2 fully saturated rings. The lowest BCUT2D eigenvalue weighted by atomic mass is 10.1. The number of hydrogen-bond donors (Lipinski definition) is 1. The van der Waals surface area contributed by atoms with Crippen molar-refractivity contribution in [2.75, 3.05) is 27.4 Å². The van der Waals surface area contributed by atoms with Gasteiger partial charge in [0.25, 0.3) is 5.56 Å². The lowest BCUT2D eigenvalue weighted by Gasteiger charge is -2.25. The molecule has 2 aliphatic rings. The third kappa shape index (κ3) is 4.78. The number of tetrazole rings is 1. The normalized spacial score (nSPS) is 18.9. The molecule has 5 rings (SSSR count). The number of benzene rings is 1. The first-order valence-electron chi connectivity index (χ1n) is 12.0. The zero-order valence-electron chi connectivity index (χ0n) is 19.8. The Kier molecular flexibility index (Phi) is 6.77. The zero-order chi connectivity index (χ0) is 23.5. The van der Waals surface area contributed by atoms with Gasteiger partial charge in [-0.3, -0.25) is 9.69 Å². The van der Waals surface area contributed by atoms with Crippen LogP contribution in [0.25, 0.3) is 10.9 Å². The molecule has 0 spiro atoms. The van der Waals surface area contributed by atoms with Crippen molar-refractivity contribution in [3.05, 3.63) is 39.9 Å². The van der Waals surface area contributed by atoms with E-state index in [1.807, 2.05) is 16.8 Å². The van der Waals surface area contributed by atoms with Crippen molar-refractivity contribution in [1.29, 1.82) is 0 Å². The number of nitrogens with zero attached hydrogens (tertiary/aromatic N) is 5. The second-order valence-corrected chi connectivity index (χ2v) is 9.20. The molecule has 1 saturated heterocycles. The molecule has 34 heavy (non-hydrogen) atoms. The maximum Gasteiger partial charge on any atom is 0.252 e. The van der Waals surface area contributed by atoms with Crippen LogP contribution in [0, 0.1) is 0 Å². The summed E-state index contributed by atoms with van der Waals surface area (Å²) in [7, 11) is 3.19. The van der Waals surface area contributed by atoms with Crippen molar-refractivity contribution >= 4 is 10.9 Å². The number of pyridine rings is 1. The molecular formula is C24H32N6O4. The number of aromatic nitrogens is 5. The molecule has 1 aliphatic carbocycles. The number of aromatic amines is 1. The zero-order valence-corrected chi connectivity index (χ0v) is 19.8. The summed E-state index contributed by atoms with van der Waals surface area (Å²) in [6, 6.07) is 5.97. The van der Waals surface area contributed by atoms with Gasteiger partial charge in [0.05, 0.1) is 38.4 Å². The van der Waals surface area contributed by atoms with E-state index in [1.54, 1.807) is 20.3 Å². The van der Waals surface area contributed by atoms with Crippen molar-refractivity contribution in [3.63, 3.8) is 0 Å². The first kappa shape index (κ1) is 22.8. The van der Waals surface area contributed by atoms with Crippen LogP contribution in [-0.2, 0) is 17.8 Å². The van der Waals surface area contributed by atoms with Gasteiger partial charge >= 0.3 is 0 Å². The average molecular weight is 469 g/mol. The van der Waals surface area contributed by atoms with Gasteiger partial charge in [-0.1, -0.05) is 12.8 Å². The first-order chi connectivity index (χ1) is 16.6. The van der Waals surface area contributed by atoms with Crippen LogP contribution >= 0.6 is 0 Å². The van der Waals surface area contributed by atoms with Gasteiger partial charge in [0, 0.05) is 36.7 Å². The van der Waals surface area contributed by atoms with Crippen LogP contribution in [0.2, 0.25) is 0 Å². The summed E-state index contributed by atoms with van der Waals surface area (Å²) in [4.78, 5) is 18.2. The molecule has 3 heterocycles. The summed E-state index contributed by atoms with van der Waals surface area (Å²) in [6.45, 7) is 2.54. The first-order valence-corrected chi connectivity index (χ1v) is 12.0. The summed E-state index contributed by atoms with van der Waals surface area (Å²) in [6.07, 6.45) is 6.89. The van der Waals surface area contributed by atoms with Gasteiger partial charge in [0.15, 0.2) is 17.3 Å². The van der Waals surface area contributed by atoms with Crippen molar-refractivity contribution in [2.45, 2.75) is 63.8 Å². The van der Waals surface area contributed by atoms with Crippen LogP contribution in [0.15, 0.2) is 23.0 Å². The van der Waals surface area contributed by atoms with E-state index < -0.39 is 0 Å². The molecule has 0 radical (unpaired) electrons. The highest BCUT2D eigenvalue weighted by Crippen LogP contribution is 2.32. The Balaban J connectivity index is 1.43. The minimum atomic E-state index is -0.118. The van der Waals surface area contributed by atoms with Crippen LogP contribution in [0.4, 0.5) is 0 Å². The third-order valence-corrected chi connectivity index (χ3v) is 6.90. The van der Waals surface area contributed by atoms with Crippen LogP contribution in [0.5, 0.6) is 11.5 Å². The van der Waals surface area contributed by atoms with Crippen LogP contribution in [0.1, 0.15) is 56.0 Å². The Morgan fingerprint density at radius 1 is 1.09 bits per heavy atom. The SMILES string of the molecule is COc1cc2cc(CN(Cc3nnnn3C3CCCC3)CC3CCCO3)c(=O)[nH]c2cc1OC. The van der Waals surface area contributed by atoms with Gasteiger partial charge in [0.1, 0.15) is 0 Å². The number of nitrogens with one attached hydrogen (secondary N) is 1. The fourth-order valence-corrected chi connectivity index (χ4v) is 5.15. The van der Waals surface area contributed by atoms with Gasteiger partial charge < -0.3 is 19.2 Å². The van der Waals surface area contributed by atoms with Crippen molar-refractivity contribution in [3.8, 4) is 11.5 Å². The summed E-state index contributed by atoms with van der Waals surface area (Å²) >= 11 is 0. The second kappa shape index (κ2) is 10.1. The maximum absolute atomic E-state index is 13.0.